The predicted molar refractivity (Wildman–Crippen MR) is 85.2 cm³/mol. The quantitative estimate of drug-likeness (QED) is 0.761. The van der Waals surface area contributed by atoms with Crippen molar-refractivity contribution >= 4 is 11.9 Å². The number of nitrogens with one attached hydrogen (secondary N) is 2. The van der Waals surface area contributed by atoms with Gasteiger partial charge in [-0.15, -0.1) is 0 Å². The minimum absolute atomic E-state index is 0.0263. The minimum Gasteiger partial charge on any atom is -0.489 e. The van der Waals surface area contributed by atoms with Crippen LogP contribution in [0.5, 0.6) is 5.75 Å². The van der Waals surface area contributed by atoms with Crippen molar-refractivity contribution in [3.05, 3.63) is 30.1 Å². The van der Waals surface area contributed by atoms with Gasteiger partial charge in [0.2, 0.25) is 5.91 Å². The molecule has 2 fully saturated rings. The average Bonchev–Trinajstić information content (AvgIpc) is 2.60. The number of rotatable bonds is 4. The van der Waals surface area contributed by atoms with Crippen molar-refractivity contribution in [3.8, 4) is 5.75 Å². The third-order valence-electron chi connectivity index (χ3n) is 4.25. The second-order valence-corrected chi connectivity index (χ2v) is 5.80. The van der Waals surface area contributed by atoms with Gasteiger partial charge in [-0.3, -0.25) is 9.69 Å². The first-order valence-corrected chi connectivity index (χ1v) is 8.07. The smallest absolute Gasteiger partial charge is 0.317 e. The molecule has 7 nitrogen and oxygen atoms in total. The largest absolute Gasteiger partial charge is 0.489 e. The summed E-state index contributed by atoms with van der Waals surface area (Å²) in [5.74, 6) is -0.288. The van der Waals surface area contributed by atoms with Crippen LogP contribution in [-0.2, 0) is 4.79 Å². The first-order chi connectivity index (χ1) is 11.6. The van der Waals surface area contributed by atoms with Gasteiger partial charge in [-0.1, -0.05) is 12.1 Å². The lowest BCUT2D eigenvalue weighted by molar-refractivity contribution is -0.131. The molecule has 2 aliphatic rings. The molecule has 0 unspecified atom stereocenters. The molecule has 0 saturated carbocycles. The lowest BCUT2D eigenvalue weighted by atomic mass is 10.1. The van der Waals surface area contributed by atoms with Crippen molar-refractivity contribution in [2.24, 2.45) is 0 Å². The Labute approximate surface area is 139 Å². The lowest BCUT2D eigenvalue weighted by Crippen LogP contribution is -2.65. The van der Waals surface area contributed by atoms with Crippen molar-refractivity contribution in [1.82, 2.24) is 20.4 Å². The van der Waals surface area contributed by atoms with Crippen molar-refractivity contribution in [2.75, 3.05) is 45.9 Å². The van der Waals surface area contributed by atoms with E-state index >= 15 is 0 Å². The summed E-state index contributed by atoms with van der Waals surface area (Å²) in [6.45, 7) is 3.59. The number of carbonyl (C=O) groups excluding carboxylic acids is 2. The van der Waals surface area contributed by atoms with Gasteiger partial charge in [0.15, 0.2) is 11.6 Å². The third-order valence-corrected chi connectivity index (χ3v) is 4.25. The standard InChI is InChI=1S/C16H21FN4O3/c17-12-3-1-2-4-14(12)24-10-6-19-16(23)21-9-8-20-7-5-18-15(22)13(20)11-21/h1-4,13H,5-11H2,(H,18,22)(H,19,23)/t13-/m0/s1. The van der Waals surface area contributed by atoms with E-state index in [1.807, 2.05) is 0 Å². The van der Waals surface area contributed by atoms with Gasteiger partial charge in [-0.25, -0.2) is 9.18 Å². The molecule has 0 radical (unpaired) electrons. The van der Waals surface area contributed by atoms with E-state index in [1.54, 1.807) is 17.0 Å². The maximum Gasteiger partial charge on any atom is 0.317 e. The van der Waals surface area contributed by atoms with E-state index in [4.69, 9.17) is 4.74 Å². The number of nitrogens with zero attached hydrogens (tertiary/aromatic N) is 2. The van der Waals surface area contributed by atoms with Crippen molar-refractivity contribution in [3.63, 3.8) is 0 Å². The van der Waals surface area contributed by atoms with Crippen LogP contribution >= 0.6 is 0 Å². The SMILES string of the molecule is O=C1NCCN2CCN(C(=O)NCCOc3ccccc3F)C[C@@H]12. The van der Waals surface area contributed by atoms with Crippen LogP contribution in [0.15, 0.2) is 24.3 Å². The number of urea groups is 1. The van der Waals surface area contributed by atoms with E-state index in [0.717, 1.165) is 6.54 Å². The van der Waals surface area contributed by atoms with E-state index in [1.165, 1.54) is 12.1 Å². The molecule has 3 rings (SSSR count). The topological polar surface area (TPSA) is 73.9 Å². The fourth-order valence-corrected chi connectivity index (χ4v) is 2.95. The van der Waals surface area contributed by atoms with Gasteiger partial charge in [-0.2, -0.15) is 0 Å². The first kappa shape index (κ1) is 16.5. The molecule has 3 amide bonds. The molecule has 2 saturated heterocycles. The van der Waals surface area contributed by atoms with Gasteiger partial charge in [0.25, 0.3) is 0 Å². The Morgan fingerprint density at radius 3 is 3.00 bits per heavy atom. The number of hydrogen-bond acceptors (Lipinski definition) is 4. The van der Waals surface area contributed by atoms with Crippen LogP contribution in [0.3, 0.4) is 0 Å². The minimum atomic E-state index is -0.428. The van der Waals surface area contributed by atoms with Crippen molar-refractivity contribution in [1.29, 1.82) is 0 Å². The Kier molecular flexibility index (Phi) is 5.14. The van der Waals surface area contributed by atoms with Crippen LogP contribution < -0.4 is 15.4 Å². The summed E-state index contributed by atoms with van der Waals surface area (Å²) in [6, 6.07) is 5.63. The molecule has 8 heteroatoms. The zero-order valence-electron chi connectivity index (χ0n) is 13.3. The van der Waals surface area contributed by atoms with E-state index in [2.05, 4.69) is 15.5 Å². The number of benzene rings is 1. The van der Waals surface area contributed by atoms with E-state index in [0.29, 0.717) is 26.2 Å². The fourth-order valence-electron chi connectivity index (χ4n) is 2.95. The van der Waals surface area contributed by atoms with Crippen LogP contribution in [0.2, 0.25) is 0 Å². The van der Waals surface area contributed by atoms with E-state index in [9.17, 15) is 14.0 Å². The number of hydrogen-bond donors (Lipinski definition) is 2. The Morgan fingerprint density at radius 2 is 2.17 bits per heavy atom. The van der Waals surface area contributed by atoms with Gasteiger partial charge >= 0.3 is 6.03 Å². The van der Waals surface area contributed by atoms with Crippen molar-refractivity contribution in [2.45, 2.75) is 6.04 Å². The summed E-state index contributed by atoms with van der Waals surface area (Å²) in [7, 11) is 0. The van der Waals surface area contributed by atoms with E-state index < -0.39 is 5.82 Å². The monoisotopic (exact) mass is 336 g/mol. The molecule has 0 spiro atoms. The fraction of sp³-hybridized carbons (Fsp3) is 0.500. The summed E-state index contributed by atoms with van der Waals surface area (Å²) in [5.41, 5.74) is 0. The highest BCUT2D eigenvalue weighted by molar-refractivity contribution is 5.84. The third kappa shape index (κ3) is 3.76. The molecule has 0 aromatic heterocycles. The van der Waals surface area contributed by atoms with Gasteiger partial charge in [0, 0.05) is 32.7 Å². The molecule has 2 aliphatic heterocycles. The predicted octanol–water partition coefficient (Wildman–Crippen LogP) is 0.0301. The van der Waals surface area contributed by atoms with Gasteiger partial charge in [-0.05, 0) is 12.1 Å². The molecule has 2 heterocycles. The molecule has 1 aromatic carbocycles. The summed E-state index contributed by atoms with van der Waals surface area (Å²) in [4.78, 5) is 27.8. The molecule has 0 bridgehead atoms. The highest BCUT2D eigenvalue weighted by atomic mass is 19.1. The second-order valence-electron chi connectivity index (χ2n) is 5.80. The maximum absolute atomic E-state index is 13.4. The number of amides is 3. The highest BCUT2D eigenvalue weighted by Crippen LogP contribution is 2.15. The van der Waals surface area contributed by atoms with Crippen LogP contribution in [0.25, 0.3) is 0 Å². The number of piperazine rings is 2. The summed E-state index contributed by atoms with van der Waals surface area (Å²) >= 11 is 0. The highest BCUT2D eigenvalue weighted by Gasteiger charge is 2.36. The van der Waals surface area contributed by atoms with Crippen LogP contribution in [-0.4, -0.2) is 73.7 Å². The molecule has 1 aromatic rings. The molecule has 2 N–H and O–H groups in total. The average molecular weight is 336 g/mol. The van der Waals surface area contributed by atoms with Crippen LogP contribution in [0.4, 0.5) is 9.18 Å². The summed E-state index contributed by atoms with van der Waals surface area (Å²) in [6.07, 6.45) is 0. The Morgan fingerprint density at radius 1 is 1.33 bits per heavy atom. The van der Waals surface area contributed by atoms with Crippen LogP contribution in [0.1, 0.15) is 0 Å². The molecule has 130 valence electrons. The van der Waals surface area contributed by atoms with E-state index in [-0.39, 0.29) is 36.9 Å². The Hall–Kier alpha value is -2.35. The number of para-hydroxylation sites is 1. The Bertz CT molecular complexity index is 613. The second kappa shape index (κ2) is 7.48. The number of carbonyl (C=O) groups is 2. The zero-order valence-corrected chi connectivity index (χ0v) is 13.3. The lowest BCUT2D eigenvalue weighted by Gasteiger charge is -2.42. The molecular weight excluding hydrogens is 315 g/mol. The van der Waals surface area contributed by atoms with Gasteiger partial charge in [0.05, 0.1) is 6.54 Å². The van der Waals surface area contributed by atoms with Gasteiger partial charge < -0.3 is 20.3 Å². The number of fused-ring (bicyclic) bond motifs is 1. The Balaban J connectivity index is 1.42. The normalized spacial score (nSPS) is 21.0. The number of ether oxygens (including phenoxy) is 1. The molecule has 1 atom stereocenters. The van der Waals surface area contributed by atoms with Gasteiger partial charge in [0.1, 0.15) is 12.6 Å². The number of halogens is 1. The molecule has 24 heavy (non-hydrogen) atoms. The molecular formula is C16H21FN4O3. The van der Waals surface area contributed by atoms with Crippen molar-refractivity contribution < 1.29 is 18.7 Å². The summed E-state index contributed by atoms with van der Waals surface area (Å²) < 4.78 is 18.7. The maximum atomic E-state index is 13.4. The van der Waals surface area contributed by atoms with Crippen LogP contribution in [0, 0.1) is 5.82 Å². The summed E-state index contributed by atoms with van der Waals surface area (Å²) in [5, 5.41) is 5.56. The first-order valence-electron chi connectivity index (χ1n) is 8.07. The zero-order chi connectivity index (χ0) is 16.9. The molecule has 0 aliphatic carbocycles.